The standard InChI is InChI=1S/C11H13NO5S/c1-18(14,15)17-5-4-16-9-2-3-10-8(6-9)7-12-11(10)13/h2-3,6H,4-5,7H2,1H3,(H,12,13). The first kappa shape index (κ1) is 12.8. The molecule has 0 fully saturated rings. The van der Waals surface area contributed by atoms with Crippen LogP contribution in [0.1, 0.15) is 15.9 Å². The lowest BCUT2D eigenvalue weighted by atomic mass is 10.1. The molecule has 1 aliphatic heterocycles. The fraction of sp³-hybridized carbons (Fsp3) is 0.364. The molecule has 6 nitrogen and oxygen atoms in total. The van der Waals surface area contributed by atoms with Crippen molar-refractivity contribution in [3.8, 4) is 5.75 Å². The normalized spacial score (nSPS) is 14.2. The Balaban J connectivity index is 1.90. The first-order valence-corrected chi connectivity index (χ1v) is 7.16. The van der Waals surface area contributed by atoms with Crippen LogP contribution >= 0.6 is 0 Å². The van der Waals surface area contributed by atoms with Gasteiger partial charge in [-0.05, 0) is 23.8 Å². The molecule has 0 spiro atoms. The van der Waals surface area contributed by atoms with Gasteiger partial charge in [0.1, 0.15) is 19.0 Å². The largest absolute Gasteiger partial charge is 0.491 e. The summed E-state index contributed by atoms with van der Waals surface area (Å²) in [6.07, 6.45) is 0.986. The molecule has 18 heavy (non-hydrogen) atoms. The third-order valence-corrected chi connectivity index (χ3v) is 3.01. The van der Waals surface area contributed by atoms with Gasteiger partial charge in [-0.25, -0.2) is 0 Å². The van der Waals surface area contributed by atoms with Gasteiger partial charge in [0.05, 0.1) is 6.26 Å². The molecule has 1 aliphatic rings. The average Bonchev–Trinajstić information content (AvgIpc) is 2.65. The molecule has 7 heteroatoms. The Labute approximate surface area is 105 Å². The van der Waals surface area contributed by atoms with Crippen molar-refractivity contribution in [1.82, 2.24) is 5.32 Å². The summed E-state index contributed by atoms with van der Waals surface area (Å²) in [5.74, 6) is 0.499. The Morgan fingerprint density at radius 3 is 2.83 bits per heavy atom. The monoisotopic (exact) mass is 271 g/mol. The lowest BCUT2D eigenvalue weighted by Gasteiger charge is -2.07. The van der Waals surface area contributed by atoms with Gasteiger partial charge in [0.15, 0.2) is 0 Å². The van der Waals surface area contributed by atoms with Gasteiger partial charge in [0.25, 0.3) is 16.0 Å². The molecule has 1 amide bonds. The number of amides is 1. The summed E-state index contributed by atoms with van der Waals surface area (Å²) in [4.78, 5) is 11.3. The molecule has 1 heterocycles. The smallest absolute Gasteiger partial charge is 0.264 e. The lowest BCUT2D eigenvalue weighted by molar-refractivity contribution is 0.0965. The summed E-state index contributed by atoms with van der Waals surface area (Å²) >= 11 is 0. The number of carbonyl (C=O) groups excluding carboxylic acids is 1. The minimum Gasteiger partial charge on any atom is -0.491 e. The van der Waals surface area contributed by atoms with Crippen LogP contribution in [0.2, 0.25) is 0 Å². The van der Waals surface area contributed by atoms with Gasteiger partial charge >= 0.3 is 0 Å². The second-order valence-electron chi connectivity index (χ2n) is 3.88. The highest BCUT2D eigenvalue weighted by molar-refractivity contribution is 7.85. The Kier molecular flexibility index (Phi) is 3.53. The van der Waals surface area contributed by atoms with Crippen molar-refractivity contribution in [3.05, 3.63) is 29.3 Å². The molecule has 2 rings (SSSR count). The molecule has 1 aromatic carbocycles. The molecule has 0 bridgehead atoms. The molecular formula is C11H13NO5S. The summed E-state index contributed by atoms with van der Waals surface area (Å²) in [6.45, 7) is 0.589. The molecule has 0 saturated heterocycles. The Morgan fingerprint density at radius 1 is 1.33 bits per heavy atom. The van der Waals surface area contributed by atoms with Gasteiger partial charge in [0.2, 0.25) is 0 Å². The Hall–Kier alpha value is -1.60. The van der Waals surface area contributed by atoms with Crippen molar-refractivity contribution < 1.29 is 22.1 Å². The van der Waals surface area contributed by atoms with Crippen LogP contribution in [-0.2, 0) is 20.8 Å². The minimum atomic E-state index is -3.43. The van der Waals surface area contributed by atoms with Crippen molar-refractivity contribution in [2.24, 2.45) is 0 Å². The van der Waals surface area contributed by atoms with E-state index >= 15 is 0 Å². The van der Waals surface area contributed by atoms with E-state index in [1.807, 2.05) is 0 Å². The van der Waals surface area contributed by atoms with E-state index in [0.29, 0.717) is 17.9 Å². The van der Waals surface area contributed by atoms with Gasteiger partial charge in [-0.2, -0.15) is 8.42 Å². The summed E-state index contributed by atoms with van der Waals surface area (Å²) in [7, 11) is -3.43. The zero-order valence-electron chi connectivity index (χ0n) is 9.80. The van der Waals surface area contributed by atoms with Gasteiger partial charge < -0.3 is 10.1 Å². The summed E-state index contributed by atoms with van der Waals surface area (Å²) in [5, 5.41) is 2.70. The van der Waals surface area contributed by atoms with Crippen LogP contribution in [-0.4, -0.2) is 33.8 Å². The zero-order valence-corrected chi connectivity index (χ0v) is 10.6. The van der Waals surface area contributed by atoms with E-state index in [2.05, 4.69) is 9.50 Å². The molecule has 0 aromatic heterocycles. The molecule has 1 aromatic rings. The van der Waals surface area contributed by atoms with Crippen LogP contribution < -0.4 is 10.1 Å². The lowest BCUT2D eigenvalue weighted by Crippen LogP contribution is -2.12. The number of nitrogens with one attached hydrogen (secondary N) is 1. The van der Waals surface area contributed by atoms with E-state index < -0.39 is 10.1 Å². The van der Waals surface area contributed by atoms with E-state index in [1.165, 1.54) is 0 Å². The van der Waals surface area contributed by atoms with Crippen LogP contribution in [0.25, 0.3) is 0 Å². The maximum atomic E-state index is 11.3. The Morgan fingerprint density at radius 2 is 2.11 bits per heavy atom. The molecule has 0 radical (unpaired) electrons. The first-order chi connectivity index (χ1) is 8.46. The average molecular weight is 271 g/mol. The predicted octanol–water partition coefficient (Wildman–Crippen LogP) is 0.285. The number of fused-ring (bicyclic) bond motifs is 1. The molecule has 0 unspecified atom stereocenters. The third-order valence-electron chi connectivity index (χ3n) is 2.41. The van der Waals surface area contributed by atoms with Crippen molar-refractivity contribution in [1.29, 1.82) is 0 Å². The van der Waals surface area contributed by atoms with E-state index in [0.717, 1.165) is 11.8 Å². The number of ether oxygens (including phenoxy) is 1. The van der Waals surface area contributed by atoms with Gasteiger partial charge in [-0.15, -0.1) is 0 Å². The highest BCUT2D eigenvalue weighted by Crippen LogP contribution is 2.21. The fourth-order valence-electron chi connectivity index (χ4n) is 1.64. The van der Waals surface area contributed by atoms with E-state index in [4.69, 9.17) is 4.74 Å². The topological polar surface area (TPSA) is 81.7 Å². The second-order valence-corrected chi connectivity index (χ2v) is 5.52. The number of hydrogen-bond donors (Lipinski definition) is 1. The van der Waals surface area contributed by atoms with Gasteiger partial charge in [-0.3, -0.25) is 8.98 Å². The van der Waals surface area contributed by atoms with Crippen LogP contribution in [0.4, 0.5) is 0 Å². The second kappa shape index (κ2) is 4.95. The number of carbonyl (C=O) groups is 1. The molecule has 1 N–H and O–H groups in total. The molecule has 0 saturated carbocycles. The molecule has 0 atom stereocenters. The third kappa shape index (κ3) is 3.21. The highest BCUT2D eigenvalue weighted by atomic mass is 32.2. The summed E-state index contributed by atoms with van der Waals surface area (Å²) < 4.78 is 31.3. The maximum absolute atomic E-state index is 11.3. The Bertz CT molecular complexity index is 567. The van der Waals surface area contributed by atoms with E-state index in [-0.39, 0.29) is 19.1 Å². The summed E-state index contributed by atoms with van der Waals surface area (Å²) in [5.41, 5.74) is 1.52. The quantitative estimate of drug-likeness (QED) is 0.614. The highest BCUT2D eigenvalue weighted by Gasteiger charge is 2.18. The maximum Gasteiger partial charge on any atom is 0.264 e. The first-order valence-electron chi connectivity index (χ1n) is 5.34. The van der Waals surface area contributed by atoms with Crippen LogP contribution in [0.15, 0.2) is 18.2 Å². The van der Waals surface area contributed by atoms with Crippen molar-refractivity contribution >= 4 is 16.0 Å². The SMILES string of the molecule is CS(=O)(=O)OCCOc1ccc2c(c1)CNC2=O. The predicted molar refractivity (Wildman–Crippen MR) is 63.9 cm³/mol. The van der Waals surface area contributed by atoms with Crippen molar-refractivity contribution in [3.63, 3.8) is 0 Å². The summed E-state index contributed by atoms with van der Waals surface area (Å²) in [6, 6.07) is 5.11. The van der Waals surface area contributed by atoms with Crippen LogP contribution in [0, 0.1) is 0 Å². The van der Waals surface area contributed by atoms with Crippen molar-refractivity contribution in [2.75, 3.05) is 19.5 Å². The van der Waals surface area contributed by atoms with E-state index in [1.54, 1.807) is 18.2 Å². The fourth-order valence-corrected chi connectivity index (χ4v) is 2.01. The van der Waals surface area contributed by atoms with Crippen LogP contribution in [0.5, 0.6) is 5.75 Å². The minimum absolute atomic E-state index is 0.0346. The number of rotatable bonds is 5. The molecule has 0 aliphatic carbocycles. The van der Waals surface area contributed by atoms with Gasteiger partial charge in [-0.1, -0.05) is 0 Å². The molecular weight excluding hydrogens is 258 g/mol. The molecule has 98 valence electrons. The van der Waals surface area contributed by atoms with Crippen LogP contribution in [0.3, 0.4) is 0 Å². The van der Waals surface area contributed by atoms with Crippen molar-refractivity contribution in [2.45, 2.75) is 6.54 Å². The number of benzene rings is 1. The van der Waals surface area contributed by atoms with E-state index in [9.17, 15) is 13.2 Å². The number of hydrogen-bond acceptors (Lipinski definition) is 5. The van der Waals surface area contributed by atoms with Gasteiger partial charge in [0, 0.05) is 12.1 Å². The zero-order chi connectivity index (χ0) is 13.2.